The minimum absolute atomic E-state index is 0.0912. The van der Waals surface area contributed by atoms with E-state index in [2.05, 4.69) is 0 Å². The van der Waals surface area contributed by atoms with E-state index < -0.39 is 11.6 Å². The molecule has 100 valence electrons. The highest BCUT2D eigenvalue weighted by Gasteiger charge is 2.08. The maximum Gasteiger partial charge on any atom is 0.159 e. The Kier molecular flexibility index (Phi) is 4.35. The van der Waals surface area contributed by atoms with E-state index in [9.17, 15) is 8.78 Å². The Hall–Kier alpha value is -1.65. The third-order valence-corrected chi connectivity index (χ3v) is 2.93. The van der Waals surface area contributed by atoms with Gasteiger partial charge >= 0.3 is 0 Å². The van der Waals surface area contributed by atoms with Crippen molar-refractivity contribution in [1.29, 1.82) is 0 Å². The molecule has 0 aromatic heterocycles. The molecular weight excluding hydrogens is 272 g/mol. The molecule has 5 heteroatoms. The highest BCUT2D eigenvalue weighted by Crippen LogP contribution is 2.29. The fourth-order valence-corrected chi connectivity index (χ4v) is 1.91. The molecule has 2 rings (SSSR count). The van der Waals surface area contributed by atoms with Crippen molar-refractivity contribution < 1.29 is 13.5 Å². The molecule has 2 aromatic carbocycles. The van der Waals surface area contributed by atoms with E-state index in [1.165, 1.54) is 6.07 Å². The summed E-state index contributed by atoms with van der Waals surface area (Å²) in [6, 6.07) is 8.86. The summed E-state index contributed by atoms with van der Waals surface area (Å²) in [4.78, 5) is 0. The van der Waals surface area contributed by atoms with E-state index in [1.807, 2.05) is 0 Å². The SMILES string of the molecule is NCc1cccc(Cl)c1OCc1ccc(F)c(F)c1. The molecule has 0 atom stereocenters. The lowest BCUT2D eigenvalue weighted by atomic mass is 10.2. The van der Waals surface area contributed by atoms with Gasteiger partial charge in [0, 0.05) is 12.1 Å². The van der Waals surface area contributed by atoms with Crippen LogP contribution in [-0.4, -0.2) is 0 Å². The minimum Gasteiger partial charge on any atom is -0.487 e. The van der Waals surface area contributed by atoms with Crippen LogP contribution < -0.4 is 10.5 Å². The van der Waals surface area contributed by atoms with Crippen LogP contribution in [0.2, 0.25) is 5.02 Å². The molecule has 0 unspecified atom stereocenters. The first kappa shape index (κ1) is 13.8. The molecule has 0 saturated carbocycles. The fraction of sp³-hybridized carbons (Fsp3) is 0.143. The zero-order valence-corrected chi connectivity index (χ0v) is 10.8. The Balaban J connectivity index is 2.16. The highest BCUT2D eigenvalue weighted by molar-refractivity contribution is 6.32. The van der Waals surface area contributed by atoms with Gasteiger partial charge in [-0.3, -0.25) is 0 Å². The first-order chi connectivity index (χ1) is 9.11. The molecule has 0 fully saturated rings. The molecule has 0 heterocycles. The molecule has 0 radical (unpaired) electrons. The third-order valence-electron chi connectivity index (χ3n) is 2.64. The van der Waals surface area contributed by atoms with E-state index in [0.29, 0.717) is 16.3 Å². The van der Waals surface area contributed by atoms with Crippen molar-refractivity contribution in [1.82, 2.24) is 0 Å². The maximum absolute atomic E-state index is 13.1. The van der Waals surface area contributed by atoms with E-state index in [1.54, 1.807) is 18.2 Å². The fourth-order valence-electron chi connectivity index (χ4n) is 1.66. The topological polar surface area (TPSA) is 35.2 Å². The molecule has 2 N–H and O–H groups in total. The number of ether oxygens (including phenoxy) is 1. The van der Waals surface area contributed by atoms with Crippen molar-refractivity contribution in [2.24, 2.45) is 5.73 Å². The van der Waals surface area contributed by atoms with Crippen molar-refractivity contribution in [2.45, 2.75) is 13.2 Å². The van der Waals surface area contributed by atoms with Gasteiger partial charge in [0.05, 0.1) is 5.02 Å². The summed E-state index contributed by atoms with van der Waals surface area (Å²) >= 11 is 6.02. The van der Waals surface area contributed by atoms with Gasteiger partial charge < -0.3 is 10.5 Å². The zero-order chi connectivity index (χ0) is 13.8. The van der Waals surface area contributed by atoms with Crippen LogP contribution in [0.3, 0.4) is 0 Å². The van der Waals surface area contributed by atoms with Crippen LogP contribution >= 0.6 is 11.6 Å². The van der Waals surface area contributed by atoms with Crippen LogP contribution in [0.5, 0.6) is 5.75 Å². The molecular formula is C14H12ClF2NO. The second kappa shape index (κ2) is 5.99. The van der Waals surface area contributed by atoms with Gasteiger partial charge in [-0.2, -0.15) is 0 Å². The average molecular weight is 284 g/mol. The van der Waals surface area contributed by atoms with Gasteiger partial charge in [-0.05, 0) is 23.8 Å². The lowest BCUT2D eigenvalue weighted by Gasteiger charge is -2.12. The molecule has 0 aliphatic rings. The Morgan fingerprint density at radius 3 is 2.58 bits per heavy atom. The van der Waals surface area contributed by atoms with Gasteiger partial charge in [0.15, 0.2) is 11.6 Å². The number of rotatable bonds is 4. The first-order valence-corrected chi connectivity index (χ1v) is 6.04. The molecule has 0 saturated heterocycles. The average Bonchev–Trinajstić information content (AvgIpc) is 2.41. The van der Waals surface area contributed by atoms with Crippen molar-refractivity contribution >= 4 is 11.6 Å². The minimum atomic E-state index is -0.903. The summed E-state index contributed by atoms with van der Waals surface area (Å²) in [7, 11) is 0. The number of halogens is 3. The van der Waals surface area contributed by atoms with Gasteiger partial charge in [0.1, 0.15) is 12.4 Å². The molecule has 0 amide bonds. The highest BCUT2D eigenvalue weighted by atomic mass is 35.5. The van der Waals surface area contributed by atoms with Crippen LogP contribution in [0.25, 0.3) is 0 Å². The van der Waals surface area contributed by atoms with Crippen molar-refractivity contribution in [3.63, 3.8) is 0 Å². The van der Waals surface area contributed by atoms with Crippen LogP contribution in [0, 0.1) is 11.6 Å². The zero-order valence-electron chi connectivity index (χ0n) is 10.00. The summed E-state index contributed by atoms with van der Waals surface area (Å²) in [5.41, 5.74) is 6.86. The summed E-state index contributed by atoms with van der Waals surface area (Å²) in [6.07, 6.45) is 0. The molecule has 0 aliphatic carbocycles. The largest absolute Gasteiger partial charge is 0.487 e. The number of hydrogen-bond donors (Lipinski definition) is 1. The third kappa shape index (κ3) is 3.22. The van der Waals surface area contributed by atoms with Crippen molar-refractivity contribution in [3.8, 4) is 5.75 Å². The van der Waals surface area contributed by atoms with Crippen molar-refractivity contribution in [3.05, 3.63) is 64.2 Å². The second-order valence-electron chi connectivity index (χ2n) is 3.97. The lowest BCUT2D eigenvalue weighted by molar-refractivity contribution is 0.302. The van der Waals surface area contributed by atoms with Crippen LogP contribution in [0.15, 0.2) is 36.4 Å². The standard InChI is InChI=1S/C14H12ClF2NO/c15-11-3-1-2-10(7-18)14(11)19-8-9-4-5-12(16)13(17)6-9/h1-6H,7-8,18H2. The molecule has 0 spiro atoms. The van der Waals surface area contributed by atoms with E-state index in [4.69, 9.17) is 22.1 Å². The summed E-state index contributed by atoms with van der Waals surface area (Å²) < 4.78 is 31.4. The van der Waals surface area contributed by atoms with Gasteiger partial charge in [-0.1, -0.05) is 29.8 Å². The monoisotopic (exact) mass is 283 g/mol. The first-order valence-electron chi connectivity index (χ1n) is 5.66. The van der Waals surface area contributed by atoms with Crippen LogP contribution in [-0.2, 0) is 13.2 Å². The molecule has 0 bridgehead atoms. The summed E-state index contributed by atoms with van der Waals surface area (Å²) in [5, 5.41) is 0.436. The summed E-state index contributed by atoms with van der Waals surface area (Å²) in [6.45, 7) is 0.377. The number of nitrogens with two attached hydrogens (primary N) is 1. The van der Waals surface area contributed by atoms with E-state index >= 15 is 0 Å². The molecule has 0 aliphatic heterocycles. The van der Waals surface area contributed by atoms with Crippen LogP contribution in [0.4, 0.5) is 8.78 Å². The van der Waals surface area contributed by atoms with Gasteiger partial charge in [0.25, 0.3) is 0 Å². The second-order valence-corrected chi connectivity index (χ2v) is 4.38. The lowest BCUT2D eigenvalue weighted by Crippen LogP contribution is -2.03. The van der Waals surface area contributed by atoms with Crippen molar-refractivity contribution in [2.75, 3.05) is 0 Å². The maximum atomic E-state index is 13.1. The summed E-state index contributed by atoms with van der Waals surface area (Å²) in [5.74, 6) is -1.32. The molecule has 2 aromatic rings. The quantitative estimate of drug-likeness (QED) is 0.929. The predicted molar refractivity (Wildman–Crippen MR) is 70.0 cm³/mol. The molecule has 19 heavy (non-hydrogen) atoms. The number of para-hydroxylation sites is 1. The van der Waals surface area contributed by atoms with E-state index in [0.717, 1.165) is 17.7 Å². The predicted octanol–water partition coefficient (Wildman–Crippen LogP) is 3.66. The van der Waals surface area contributed by atoms with Gasteiger partial charge in [0.2, 0.25) is 0 Å². The Bertz CT molecular complexity index is 590. The normalized spacial score (nSPS) is 10.5. The van der Waals surface area contributed by atoms with Gasteiger partial charge in [-0.25, -0.2) is 8.78 Å². The Morgan fingerprint density at radius 2 is 1.89 bits per heavy atom. The van der Waals surface area contributed by atoms with Crippen LogP contribution in [0.1, 0.15) is 11.1 Å². The smallest absolute Gasteiger partial charge is 0.159 e. The Labute approximate surface area is 114 Å². The van der Waals surface area contributed by atoms with Gasteiger partial charge in [-0.15, -0.1) is 0 Å². The number of benzene rings is 2. The number of hydrogen-bond acceptors (Lipinski definition) is 2. The van der Waals surface area contributed by atoms with E-state index in [-0.39, 0.29) is 13.2 Å². The Morgan fingerprint density at radius 1 is 1.11 bits per heavy atom. The molecule has 2 nitrogen and oxygen atoms in total.